The molecule has 2 fully saturated rings. The van der Waals surface area contributed by atoms with Gasteiger partial charge in [0, 0.05) is 37.9 Å². The van der Waals surface area contributed by atoms with Gasteiger partial charge < -0.3 is 9.80 Å². The number of rotatable bonds is 3. The maximum absolute atomic E-state index is 13.1. The van der Waals surface area contributed by atoms with Crippen molar-refractivity contribution in [3.63, 3.8) is 0 Å². The fraction of sp³-hybridized carbons (Fsp3) is 0.435. The fourth-order valence-electron chi connectivity index (χ4n) is 4.63. The standard InChI is InChI=1S/C23H26N6O2/c1-15-5-6-19(12-16(15)2)28-14-17(13-21(28)30)23(31)27-10-7-18(8-11-27)29-22-20(25-26-29)4-3-9-24-22/h3-6,9,12,17-18H,7-8,10-11,13-14H2,1-2H3/t17-/m1/s1. The highest BCUT2D eigenvalue weighted by Crippen LogP contribution is 2.30. The number of amides is 2. The molecule has 0 radical (unpaired) electrons. The summed E-state index contributed by atoms with van der Waals surface area (Å²) in [5.74, 6) is -0.170. The fourth-order valence-corrected chi connectivity index (χ4v) is 4.63. The summed E-state index contributed by atoms with van der Waals surface area (Å²) in [6.45, 7) is 5.87. The van der Waals surface area contributed by atoms with Crippen LogP contribution in [-0.2, 0) is 9.59 Å². The van der Waals surface area contributed by atoms with Crippen molar-refractivity contribution < 1.29 is 9.59 Å². The molecule has 1 atom stereocenters. The van der Waals surface area contributed by atoms with E-state index in [1.54, 1.807) is 11.1 Å². The summed E-state index contributed by atoms with van der Waals surface area (Å²) in [6.07, 6.45) is 3.65. The second-order valence-corrected chi connectivity index (χ2v) is 8.61. The molecule has 160 valence electrons. The van der Waals surface area contributed by atoms with Crippen LogP contribution >= 0.6 is 0 Å². The van der Waals surface area contributed by atoms with Crippen LogP contribution < -0.4 is 4.90 Å². The lowest BCUT2D eigenvalue weighted by atomic mass is 10.0. The first-order valence-corrected chi connectivity index (χ1v) is 10.8. The zero-order chi connectivity index (χ0) is 21.5. The number of aryl methyl sites for hydroxylation is 2. The van der Waals surface area contributed by atoms with Crippen LogP contribution in [0.4, 0.5) is 5.69 Å². The summed E-state index contributed by atoms with van der Waals surface area (Å²) in [7, 11) is 0. The first-order chi connectivity index (χ1) is 15.0. The molecular formula is C23H26N6O2. The largest absolute Gasteiger partial charge is 0.342 e. The van der Waals surface area contributed by atoms with Crippen molar-refractivity contribution in [2.24, 2.45) is 5.92 Å². The van der Waals surface area contributed by atoms with Crippen LogP contribution in [-0.4, -0.2) is 56.3 Å². The van der Waals surface area contributed by atoms with Crippen LogP contribution in [0.5, 0.6) is 0 Å². The Labute approximate surface area is 180 Å². The van der Waals surface area contributed by atoms with Gasteiger partial charge in [0.2, 0.25) is 11.8 Å². The number of pyridine rings is 1. The van der Waals surface area contributed by atoms with Gasteiger partial charge in [-0.15, -0.1) is 5.10 Å². The van der Waals surface area contributed by atoms with Gasteiger partial charge in [0.25, 0.3) is 0 Å². The third-order valence-corrected chi connectivity index (χ3v) is 6.63. The molecule has 2 aliphatic rings. The Balaban J connectivity index is 1.23. The molecule has 31 heavy (non-hydrogen) atoms. The van der Waals surface area contributed by atoms with Gasteiger partial charge in [0.15, 0.2) is 5.65 Å². The van der Waals surface area contributed by atoms with Gasteiger partial charge in [0.05, 0.1) is 12.0 Å². The minimum absolute atomic E-state index is 0.0247. The molecule has 5 rings (SSSR count). The van der Waals surface area contributed by atoms with Crippen molar-refractivity contribution in [2.45, 2.75) is 39.2 Å². The molecule has 0 bridgehead atoms. The number of benzene rings is 1. The summed E-state index contributed by atoms with van der Waals surface area (Å²) in [5.41, 5.74) is 4.81. The van der Waals surface area contributed by atoms with Crippen molar-refractivity contribution in [1.82, 2.24) is 24.9 Å². The molecule has 8 heteroatoms. The van der Waals surface area contributed by atoms with E-state index in [-0.39, 0.29) is 30.2 Å². The average molecular weight is 419 g/mol. The molecule has 2 saturated heterocycles. The number of hydrogen-bond acceptors (Lipinski definition) is 5. The molecule has 0 aliphatic carbocycles. The molecule has 2 aromatic heterocycles. The van der Waals surface area contributed by atoms with E-state index in [0.717, 1.165) is 35.3 Å². The second kappa shape index (κ2) is 7.76. The van der Waals surface area contributed by atoms with Crippen LogP contribution in [0.15, 0.2) is 36.5 Å². The van der Waals surface area contributed by atoms with Crippen LogP contribution in [0.3, 0.4) is 0 Å². The Morgan fingerprint density at radius 3 is 2.68 bits per heavy atom. The molecule has 1 aromatic carbocycles. The number of carbonyl (C=O) groups is 2. The highest BCUT2D eigenvalue weighted by Gasteiger charge is 2.38. The van der Waals surface area contributed by atoms with Gasteiger partial charge in [-0.3, -0.25) is 9.59 Å². The van der Waals surface area contributed by atoms with E-state index in [1.807, 2.05) is 46.8 Å². The predicted molar refractivity (Wildman–Crippen MR) is 117 cm³/mol. The third kappa shape index (κ3) is 3.56. The third-order valence-electron chi connectivity index (χ3n) is 6.63. The number of hydrogen-bond donors (Lipinski definition) is 0. The number of likely N-dealkylation sites (tertiary alicyclic amines) is 1. The molecule has 2 aliphatic heterocycles. The first-order valence-electron chi connectivity index (χ1n) is 10.8. The van der Waals surface area contributed by atoms with E-state index in [2.05, 4.69) is 22.2 Å². The lowest BCUT2D eigenvalue weighted by molar-refractivity contribution is -0.137. The quantitative estimate of drug-likeness (QED) is 0.653. The Hall–Kier alpha value is -3.29. The normalized spacial score (nSPS) is 20.1. The van der Waals surface area contributed by atoms with Gasteiger partial charge in [-0.25, -0.2) is 9.67 Å². The predicted octanol–water partition coefficient (Wildman–Crippen LogP) is 2.66. The Morgan fingerprint density at radius 1 is 1.10 bits per heavy atom. The summed E-state index contributed by atoms with van der Waals surface area (Å²) in [5, 5.41) is 8.48. The maximum atomic E-state index is 13.1. The smallest absolute Gasteiger partial charge is 0.228 e. The summed E-state index contributed by atoms with van der Waals surface area (Å²) in [6, 6.07) is 9.97. The van der Waals surface area contributed by atoms with E-state index in [9.17, 15) is 9.59 Å². The van der Waals surface area contributed by atoms with E-state index in [0.29, 0.717) is 19.6 Å². The van der Waals surface area contributed by atoms with E-state index in [4.69, 9.17) is 0 Å². The molecule has 0 saturated carbocycles. The van der Waals surface area contributed by atoms with Crippen LogP contribution in [0, 0.1) is 19.8 Å². The zero-order valence-corrected chi connectivity index (χ0v) is 17.9. The second-order valence-electron chi connectivity index (χ2n) is 8.61. The van der Waals surface area contributed by atoms with Crippen molar-refractivity contribution in [1.29, 1.82) is 0 Å². The summed E-state index contributed by atoms with van der Waals surface area (Å²) >= 11 is 0. The summed E-state index contributed by atoms with van der Waals surface area (Å²) in [4.78, 5) is 33.9. The molecule has 8 nitrogen and oxygen atoms in total. The Bertz CT molecular complexity index is 1150. The van der Waals surface area contributed by atoms with Crippen molar-refractivity contribution >= 4 is 28.7 Å². The van der Waals surface area contributed by atoms with Gasteiger partial charge in [-0.1, -0.05) is 11.3 Å². The molecule has 3 aromatic rings. The van der Waals surface area contributed by atoms with Crippen LogP contribution in [0.25, 0.3) is 11.2 Å². The zero-order valence-electron chi connectivity index (χ0n) is 17.9. The van der Waals surface area contributed by atoms with Crippen molar-refractivity contribution in [2.75, 3.05) is 24.5 Å². The average Bonchev–Trinajstić information content (AvgIpc) is 3.39. The number of aromatic nitrogens is 4. The molecule has 0 N–H and O–H groups in total. The molecular weight excluding hydrogens is 392 g/mol. The molecule has 4 heterocycles. The number of nitrogens with zero attached hydrogens (tertiary/aromatic N) is 6. The Morgan fingerprint density at radius 2 is 1.90 bits per heavy atom. The summed E-state index contributed by atoms with van der Waals surface area (Å²) < 4.78 is 1.89. The lowest BCUT2D eigenvalue weighted by Crippen LogP contribution is -2.43. The monoisotopic (exact) mass is 418 g/mol. The highest BCUT2D eigenvalue weighted by atomic mass is 16.2. The number of anilines is 1. The molecule has 0 spiro atoms. The van der Waals surface area contributed by atoms with Gasteiger partial charge in [0.1, 0.15) is 5.52 Å². The van der Waals surface area contributed by atoms with E-state index < -0.39 is 0 Å². The number of carbonyl (C=O) groups excluding carboxylic acids is 2. The lowest BCUT2D eigenvalue weighted by Gasteiger charge is -2.33. The van der Waals surface area contributed by atoms with Crippen molar-refractivity contribution in [3.05, 3.63) is 47.7 Å². The topological polar surface area (TPSA) is 84.2 Å². The molecule has 0 unspecified atom stereocenters. The van der Waals surface area contributed by atoms with Gasteiger partial charge >= 0.3 is 0 Å². The van der Waals surface area contributed by atoms with E-state index in [1.165, 1.54) is 5.56 Å². The molecule has 2 amide bonds. The van der Waals surface area contributed by atoms with E-state index >= 15 is 0 Å². The minimum Gasteiger partial charge on any atom is -0.342 e. The highest BCUT2D eigenvalue weighted by molar-refractivity contribution is 6.00. The van der Waals surface area contributed by atoms with Crippen LogP contribution in [0.1, 0.15) is 36.4 Å². The maximum Gasteiger partial charge on any atom is 0.228 e. The number of piperidine rings is 1. The Kier molecular flexibility index (Phi) is 4.92. The number of fused-ring (bicyclic) bond motifs is 1. The van der Waals surface area contributed by atoms with Crippen LogP contribution in [0.2, 0.25) is 0 Å². The van der Waals surface area contributed by atoms with Gasteiger partial charge in [-0.05, 0) is 62.1 Å². The first kappa shape index (κ1) is 19.7. The minimum atomic E-state index is -0.278. The van der Waals surface area contributed by atoms with Crippen molar-refractivity contribution in [3.8, 4) is 0 Å². The SMILES string of the molecule is Cc1ccc(N2C[C@H](C(=O)N3CCC(n4nnc5cccnc54)CC3)CC2=O)cc1C. The van der Waals surface area contributed by atoms with Gasteiger partial charge in [-0.2, -0.15) is 0 Å².